The summed E-state index contributed by atoms with van der Waals surface area (Å²) in [6, 6.07) is 10.00. The molecule has 2 aromatic rings. The summed E-state index contributed by atoms with van der Waals surface area (Å²) < 4.78 is 0. The quantitative estimate of drug-likeness (QED) is 0.791. The van der Waals surface area contributed by atoms with Gasteiger partial charge in [0.25, 0.3) is 0 Å². The molecule has 0 aliphatic rings. The van der Waals surface area contributed by atoms with E-state index in [0.29, 0.717) is 6.42 Å². The molecule has 0 spiro atoms. The Labute approximate surface area is 95.5 Å². The lowest BCUT2D eigenvalue weighted by atomic mass is 9.98. The van der Waals surface area contributed by atoms with E-state index in [4.69, 9.17) is 12.2 Å². The minimum atomic E-state index is -0.0102. The van der Waals surface area contributed by atoms with Crippen LogP contribution in [0.25, 0.3) is 10.9 Å². The Morgan fingerprint density at radius 3 is 3.00 bits per heavy atom. The van der Waals surface area contributed by atoms with E-state index in [1.165, 1.54) is 0 Å². The zero-order valence-electron chi connectivity index (χ0n) is 9.06. The molecule has 2 nitrogen and oxygen atoms in total. The summed E-state index contributed by atoms with van der Waals surface area (Å²) in [6.07, 6.45) is 8.56. The normalized spacial score (nSPS) is 12.2. The van der Waals surface area contributed by atoms with Crippen LogP contribution in [0, 0.1) is 12.3 Å². The molecule has 1 heterocycles. The Balaban J connectivity index is 2.40. The predicted octanol–water partition coefficient (Wildman–Crippen LogP) is 2.65. The van der Waals surface area contributed by atoms with Gasteiger partial charge in [-0.2, -0.15) is 0 Å². The Hall–Kier alpha value is -1.85. The van der Waals surface area contributed by atoms with Crippen molar-refractivity contribution in [2.75, 3.05) is 0 Å². The smallest absolute Gasteiger partial charge is 0.0705 e. The van der Waals surface area contributed by atoms with Gasteiger partial charge in [0.05, 0.1) is 5.52 Å². The molecule has 80 valence electrons. The number of hydrogen-bond acceptors (Lipinski definition) is 2. The highest BCUT2D eigenvalue weighted by Gasteiger charge is 2.08. The molecule has 0 bridgehead atoms. The van der Waals surface area contributed by atoms with Crippen LogP contribution in [0.3, 0.4) is 0 Å². The fourth-order valence-corrected chi connectivity index (χ4v) is 1.84. The van der Waals surface area contributed by atoms with Crippen LogP contribution in [0.5, 0.6) is 0 Å². The third-order valence-corrected chi connectivity index (χ3v) is 2.68. The lowest BCUT2D eigenvalue weighted by Gasteiger charge is -2.12. The number of nitrogens with two attached hydrogens (primary N) is 1. The molecule has 2 N–H and O–H groups in total. The zero-order chi connectivity index (χ0) is 11.4. The molecular formula is C14H14N2. The lowest BCUT2D eigenvalue weighted by molar-refractivity contribution is 0.672. The third-order valence-electron chi connectivity index (χ3n) is 2.68. The van der Waals surface area contributed by atoms with Gasteiger partial charge >= 0.3 is 0 Å². The van der Waals surface area contributed by atoms with Crippen molar-refractivity contribution in [3.8, 4) is 12.3 Å². The highest BCUT2D eigenvalue weighted by Crippen LogP contribution is 2.23. The average molecular weight is 210 g/mol. The average Bonchev–Trinajstić information content (AvgIpc) is 2.35. The topological polar surface area (TPSA) is 38.9 Å². The molecule has 1 atom stereocenters. The van der Waals surface area contributed by atoms with Crippen molar-refractivity contribution >= 4 is 10.9 Å². The van der Waals surface area contributed by atoms with Gasteiger partial charge in [0.1, 0.15) is 0 Å². The Kier molecular flexibility index (Phi) is 3.19. The largest absolute Gasteiger partial charge is 0.324 e. The summed E-state index contributed by atoms with van der Waals surface area (Å²) >= 11 is 0. The first kappa shape index (κ1) is 10.7. The lowest BCUT2D eigenvalue weighted by Crippen LogP contribution is -2.10. The predicted molar refractivity (Wildman–Crippen MR) is 66.7 cm³/mol. The number of terminal acetylenes is 1. The van der Waals surface area contributed by atoms with E-state index in [0.717, 1.165) is 22.9 Å². The Bertz CT molecular complexity index is 520. The summed E-state index contributed by atoms with van der Waals surface area (Å²) in [6.45, 7) is 0. The van der Waals surface area contributed by atoms with Crippen LogP contribution in [-0.4, -0.2) is 4.98 Å². The molecule has 0 saturated heterocycles. The Morgan fingerprint density at radius 2 is 2.19 bits per heavy atom. The maximum Gasteiger partial charge on any atom is 0.0705 e. The third kappa shape index (κ3) is 2.05. The van der Waals surface area contributed by atoms with Crippen molar-refractivity contribution in [3.63, 3.8) is 0 Å². The van der Waals surface area contributed by atoms with Crippen LogP contribution in [0.1, 0.15) is 24.4 Å². The van der Waals surface area contributed by atoms with Crippen molar-refractivity contribution in [2.24, 2.45) is 5.73 Å². The molecule has 0 amide bonds. The molecule has 1 aromatic carbocycles. The molecule has 1 aromatic heterocycles. The second-order valence-corrected chi connectivity index (χ2v) is 3.77. The van der Waals surface area contributed by atoms with Crippen LogP contribution in [0.4, 0.5) is 0 Å². The number of fused-ring (bicyclic) bond motifs is 1. The van der Waals surface area contributed by atoms with Gasteiger partial charge in [-0.3, -0.25) is 4.98 Å². The van der Waals surface area contributed by atoms with Crippen molar-refractivity contribution in [3.05, 3.63) is 42.1 Å². The Morgan fingerprint density at radius 1 is 1.31 bits per heavy atom. The van der Waals surface area contributed by atoms with E-state index < -0.39 is 0 Å². The maximum atomic E-state index is 6.12. The van der Waals surface area contributed by atoms with Gasteiger partial charge in [0, 0.05) is 24.0 Å². The summed E-state index contributed by atoms with van der Waals surface area (Å²) in [5, 5.41) is 1.12. The van der Waals surface area contributed by atoms with Crippen LogP contribution in [0.15, 0.2) is 36.5 Å². The summed E-state index contributed by atoms with van der Waals surface area (Å²) in [5.41, 5.74) is 8.23. The molecular weight excluding hydrogens is 196 g/mol. The van der Waals surface area contributed by atoms with E-state index in [-0.39, 0.29) is 6.04 Å². The fraction of sp³-hybridized carbons (Fsp3) is 0.214. The van der Waals surface area contributed by atoms with Gasteiger partial charge in [0.2, 0.25) is 0 Å². The summed E-state index contributed by atoms with van der Waals surface area (Å²) in [4.78, 5) is 4.31. The van der Waals surface area contributed by atoms with Gasteiger partial charge in [-0.25, -0.2) is 0 Å². The SMILES string of the molecule is C#CCCC(N)c1cccc2ncccc12. The van der Waals surface area contributed by atoms with E-state index in [1.807, 2.05) is 30.3 Å². The first-order valence-corrected chi connectivity index (χ1v) is 5.35. The highest BCUT2D eigenvalue weighted by molar-refractivity contribution is 5.82. The highest BCUT2D eigenvalue weighted by atomic mass is 14.7. The minimum Gasteiger partial charge on any atom is -0.324 e. The first-order chi connectivity index (χ1) is 7.83. The number of hydrogen-bond donors (Lipinski definition) is 1. The first-order valence-electron chi connectivity index (χ1n) is 5.35. The van der Waals surface area contributed by atoms with E-state index in [2.05, 4.69) is 10.9 Å². The number of pyridine rings is 1. The molecule has 0 saturated carbocycles. The molecule has 0 aliphatic carbocycles. The van der Waals surface area contributed by atoms with E-state index in [1.54, 1.807) is 6.20 Å². The minimum absolute atomic E-state index is 0.0102. The monoisotopic (exact) mass is 210 g/mol. The van der Waals surface area contributed by atoms with E-state index in [9.17, 15) is 0 Å². The number of rotatable bonds is 3. The van der Waals surface area contributed by atoms with Crippen molar-refractivity contribution < 1.29 is 0 Å². The molecule has 1 unspecified atom stereocenters. The second kappa shape index (κ2) is 4.78. The molecule has 0 radical (unpaired) electrons. The number of nitrogens with zero attached hydrogens (tertiary/aromatic N) is 1. The summed E-state index contributed by atoms with van der Waals surface area (Å²) in [5.74, 6) is 2.62. The fourth-order valence-electron chi connectivity index (χ4n) is 1.84. The standard InChI is InChI=1S/C14H14N2/c1-2-3-8-13(15)11-6-4-9-14-12(11)7-5-10-16-14/h1,4-7,9-10,13H,3,8,15H2. The van der Waals surface area contributed by atoms with Crippen molar-refractivity contribution in [2.45, 2.75) is 18.9 Å². The molecule has 16 heavy (non-hydrogen) atoms. The van der Waals surface area contributed by atoms with Gasteiger partial charge in [0.15, 0.2) is 0 Å². The van der Waals surface area contributed by atoms with Crippen LogP contribution < -0.4 is 5.73 Å². The molecule has 0 aliphatic heterocycles. The van der Waals surface area contributed by atoms with Crippen LogP contribution in [-0.2, 0) is 0 Å². The van der Waals surface area contributed by atoms with E-state index >= 15 is 0 Å². The van der Waals surface area contributed by atoms with Crippen LogP contribution >= 0.6 is 0 Å². The zero-order valence-corrected chi connectivity index (χ0v) is 9.06. The van der Waals surface area contributed by atoms with Gasteiger partial charge in [-0.1, -0.05) is 18.2 Å². The maximum absolute atomic E-state index is 6.12. The van der Waals surface area contributed by atoms with Crippen LogP contribution in [0.2, 0.25) is 0 Å². The number of aromatic nitrogens is 1. The molecule has 2 heteroatoms. The van der Waals surface area contributed by atoms with Crippen molar-refractivity contribution in [1.82, 2.24) is 4.98 Å². The van der Waals surface area contributed by atoms with Gasteiger partial charge < -0.3 is 5.73 Å². The van der Waals surface area contributed by atoms with Crippen molar-refractivity contribution in [1.29, 1.82) is 0 Å². The van der Waals surface area contributed by atoms with Gasteiger partial charge in [-0.15, -0.1) is 12.3 Å². The number of benzene rings is 1. The summed E-state index contributed by atoms with van der Waals surface area (Å²) in [7, 11) is 0. The second-order valence-electron chi connectivity index (χ2n) is 3.77. The molecule has 0 fully saturated rings. The molecule has 2 rings (SSSR count). The van der Waals surface area contributed by atoms with Gasteiger partial charge in [-0.05, 0) is 24.1 Å².